The largest absolute Gasteiger partial charge is 0.467 e. The first kappa shape index (κ1) is 8.36. The number of hydrogen-bond donors (Lipinski definition) is 1. The van der Waals surface area contributed by atoms with E-state index in [1.54, 1.807) is 0 Å². The lowest BCUT2D eigenvalue weighted by Gasteiger charge is -2.23. The summed E-state index contributed by atoms with van der Waals surface area (Å²) in [5.74, 6) is 0.513. The number of allylic oxidation sites excluding steroid dienone is 2. The molecule has 2 aliphatic rings. The van der Waals surface area contributed by atoms with Gasteiger partial charge in [0, 0.05) is 10.8 Å². The Bertz CT molecular complexity index is 581. The molecule has 2 N–H and O–H groups in total. The van der Waals surface area contributed by atoms with Crippen LogP contribution in [-0.2, 0) is 4.74 Å². The number of benzene rings is 1. The minimum absolute atomic E-state index is 0.0232. The maximum Gasteiger partial charge on any atom is 0.193 e. The first-order chi connectivity index (χ1) is 7.36. The summed E-state index contributed by atoms with van der Waals surface area (Å²) in [6, 6.07) is 8.06. The summed E-state index contributed by atoms with van der Waals surface area (Å²) in [5, 5.41) is 2.16. The van der Waals surface area contributed by atoms with E-state index in [-0.39, 0.29) is 6.10 Å². The van der Waals surface area contributed by atoms with Crippen LogP contribution < -0.4 is 16.2 Å². The molecule has 0 radical (unpaired) electrons. The second-order valence-electron chi connectivity index (χ2n) is 3.65. The lowest BCUT2D eigenvalue weighted by Crippen LogP contribution is -2.40. The molecule has 15 heavy (non-hydrogen) atoms. The normalized spacial score (nSPS) is 22.0. The maximum atomic E-state index is 5.88. The Balaban J connectivity index is 2.45. The van der Waals surface area contributed by atoms with Crippen molar-refractivity contribution >= 4 is 11.5 Å². The Labute approximate surface area is 87.7 Å². The van der Waals surface area contributed by atoms with Crippen molar-refractivity contribution in [3.05, 3.63) is 59.0 Å². The lowest BCUT2D eigenvalue weighted by molar-refractivity contribution is 0.248. The molecule has 1 atom stereocenters. The third-order valence-corrected chi connectivity index (χ3v) is 2.74. The molecular weight excluding hydrogens is 186 g/mol. The van der Waals surface area contributed by atoms with Crippen LogP contribution in [0.2, 0.25) is 0 Å². The monoisotopic (exact) mass is 197 g/mol. The molecule has 74 valence electrons. The number of fused-ring (bicyclic) bond motifs is 2. The van der Waals surface area contributed by atoms with Gasteiger partial charge < -0.3 is 10.5 Å². The van der Waals surface area contributed by atoms with Crippen LogP contribution in [0.1, 0.15) is 0 Å². The van der Waals surface area contributed by atoms with Crippen molar-refractivity contribution in [2.75, 3.05) is 0 Å². The van der Waals surface area contributed by atoms with Gasteiger partial charge in [-0.15, -0.1) is 0 Å². The molecule has 1 heterocycles. The Morgan fingerprint density at radius 3 is 2.73 bits per heavy atom. The predicted octanol–water partition coefficient (Wildman–Crippen LogP) is 0.386. The molecule has 1 unspecified atom stereocenters. The fourth-order valence-corrected chi connectivity index (χ4v) is 2.02. The van der Waals surface area contributed by atoms with E-state index in [1.807, 2.05) is 36.4 Å². The highest BCUT2D eigenvalue weighted by Crippen LogP contribution is 2.18. The van der Waals surface area contributed by atoms with Gasteiger partial charge >= 0.3 is 0 Å². The minimum atomic E-state index is -0.0232. The summed E-state index contributed by atoms with van der Waals surface area (Å²) in [6.45, 7) is 0. The summed E-state index contributed by atoms with van der Waals surface area (Å²) in [6.07, 6.45) is 8.07. The van der Waals surface area contributed by atoms with Crippen LogP contribution in [0.4, 0.5) is 0 Å². The van der Waals surface area contributed by atoms with Gasteiger partial charge in [0.2, 0.25) is 0 Å². The summed E-state index contributed by atoms with van der Waals surface area (Å²) in [7, 11) is 0. The Morgan fingerprint density at radius 2 is 1.87 bits per heavy atom. The molecule has 0 aromatic heterocycles. The van der Waals surface area contributed by atoms with Crippen LogP contribution in [0.15, 0.2) is 48.6 Å². The van der Waals surface area contributed by atoms with E-state index in [4.69, 9.17) is 10.5 Å². The Morgan fingerprint density at radius 1 is 1.07 bits per heavy atom. The van der Waals surface area contributed by atoms with Crippen LogP contribution >= 0.6 is 0 Å². The van der Waals surface area contributed by atoms with Crippen molar-refractivity contribution in [3.8, 4) is 0 Å². The third-order valence-electron chi connectivity index (χ3n) is 2.74. The van der Waals surface area contributed by atoms with Crippen molar-refractivity contribution in [2.24, 2.45) is 5.73 Å². The summed E-state index contributed by atoms with van der Waals surface area (Å²) >= 11 is 0. The SMILES string of the molecule is NC1=c2ccccc2=C2C=CC=CC2O1. The van der Waals surface area contributed by atoms with Gasteiger partial charge in [0.25, 0.3) is 0 Å². The van der Waals surface area contributed by atoms with Gasteiger partial charge in [-0.25, -0.2) is 0 Å². The molecule has 0 spiro atoms. The summed E-state index contributed by atoms with van der Waals surface area (Å²) < 4.78 is 5.64. The second kappa shape index (κ2) is 3.02. The molecule has 0 saturated heterocycles. The summed E-state index contributed by atoms with van der Waals surface area (Å²) in [4.78, 5) is 0. The van der Waals surface area contributed by atoms with Crippen LogP contribution in [0.25, 0.3) is 11.5 Å². The maximum absolute atomic E-state index is 5.88. The smallest absolute Gasteiger partial charge is 0.193 e. The molecule has 2 heteroatoms. The van der Waals surface area contributed by atoms with Gasteiger partial charge in [-0.05, 0) is 17.4 Å². The van der Waals surface area contributed by atoms with E-state index in [2.05, 4.69) is 12.1 Å². The van der Waals surface area contributed by atoms with E-state index in [9.17, 15) is 0 Å². The topological polar surface area (TPSA) is 35.2 Å². The quantitative estimate of drug-likeness (QED) is 0.653. The Kier molecular flexibility index (Phi) is 1.68. The second-order valence-corrected chi connectivity index (χ2v) is 3.65. The highest BCUT2D eigenvalue weighted by Gasteiger charge is 2.18. The van der Waals surface area contributed by atoms with E-state index in [1.165, 1.54) is 10.8 Å². The highest BCUT2D eigenvalue weighted by molar-refractivity contribution is 5.68. The molecule has 0 saturated carbocycles. The van der Waals surface area contributed by atoms with Crippen molar-refractivity contribution in [3.63, 3.8) is 0 Å². The van der Waals surface area contributed by atoms with Crippen molar-refractivity contribution in [1.82, 2.24) is 0 Å². The third kappa shape index (κ3) is 1.18. The predicted molar refractivity (Wildman–Crippen MR) is 59.8 cm³/mol. The average molecular weight is 197 g/mol. The van der Waals surface area contributed by atoms with Crippen molar-refractivity contribution in [2.45, 2.75) is 6.10 Å². The van der Waals surface area contributed by atoms with Gasteiger partial charge in [-0.1, -0.05) is 36.4 Å². The van der Waals surface area contributed by atoms with Crippen LogP contribution in [-0.4, -0.2) is 6.10 Å². The zero-order valence-electron chi connectivity index (χ0n) is 8.18. The number of ether oxygens (including phenoxy) is 1. The molecule has 0 fully saturated rings. The van der Waals surface area contributed by atoms with Crippen molar-refractivity contribution in [1.29, 1.82) is 0 Å². The molecular formula is C13H11NO. The molecule has 2 nitrogen and oxygen atoms in total. The van der Waals surface area contributed by atoms with Gasteiger partial charge in [0.1, 0.15) is 6.10 Å². The minimum Gasteiger partial charge on any atom is -0.467 e. The van der Waals surface area contributed by atoms with Gasteiger partial charge in [-0.2, -0.15) is 0 Å². The van der Waals surface area contributed by atoms with E-state index < -0.39 is 0 Å². The molecule has 0 amide bonds. The van der Waals surface area contributed by atoms with Crippen LogP contribution in [0.5, 0.6) is 0 Å². The zero-order chi connectivity index (χ0) is 10.3. The first-order valence-electron chi connectivity index (χ1n) is 4.97. The van der Waals surface area contributed by atoms with Gasteiger partial charge in [0.05, 0.1) is 0 Å². The van der Waals surface area contributed by atoms with Crippen LogP contribution in [0.3, 0.4) is 0 Å². The molecule has 0 bridgehead atoms. The van der Waals surface area contributed by atoms with Crippen LogP contribution in [0, 0.1) is 0 Å². The lowest BCUT2D eigenvalue weighted by atomic mass is 9.99. The molecule has 1 aromatic rings. The highest BCUT2D eigenvalue weighted by atomic mass is 16.5. The van der Waals surface area contributed by atoms with E-state index in [0.29, 0.717) is 5.88 Å². The van der Waals surface area contributed by atoms with Gasteiger partial charge in [-0.3, -0.25) is 0 Å². The fourth-order valence-electron chi connectivity index (χ4n) is 2.02. The van der Waals surface area contributed by atoms with Gasteiger partial charge in [0.15, 0.2) is 5.88 Å². The average Bonchev–Trinajstić information content (AvgIpc) is 2.30. The fraction of sp³-hybridized carbons (Fsp3) is 0.0769. The standard InChI is InChI=1S/C13H11NO/c14-13-11-7-2-1-5-9(11)10-6-3-4-8-12(10)15-13/h1-8,12H,14H2. The zero-order valence-corrected chi connectivity index (χ0v) is 8.18. The van der Waals surface area contributed by atoms with E-state index in [0.717, 1.165) is 5.22 Å². The first-order valence-corrected chi connectivity index (χ1v) is 4.97. The summed E-state index contributed by atoms with van der Waals surface area (Å²) in [5.41, 5.74) is 7.06. The van der Waals surface area contributed by atoms with E-state index >= 15 is 0 Å². The number of nitrogens with two attached hydrogens (primary N) is 1. The molecule has 1 aliphatic heterocycles. The van der Waals surface area contributed by atoms with Crippen molar-refractivity contribution < 1.29 is 4.74 Å². The molecule has 1 aromatic carbocycles. The number of rotatable bonds is 0. The Hall–Kier alpha value is -1.96. The number of hydrogen-bond acceptors (Lipinski definition) is 2. The molecule has 1 aliphatic carbocycles. The molecule has 3 rings (SSSR count).